The number of benzene rings is 2. The third kappa shape index (κ3) is 6.38. The molecule has 1 amide bonds. The molecule has 160 valence electrons. The average molecular weight is 448 g/mol. The van der Waals surface area contributed by atoms with Crippen LogP contribution in [0.4, 0.5) is 5.69 Å². The third-order valence-electron chi connectivity index (χ3n) is 4.24. The molecule has 0 aromatic heterocycles. The number of hydrogen-bond donors (Lipinski definition) is 2. The van der Waals surface area contributed by atoms with Crippen LogP contribution in [0.3, 0.4) is 0 Å². The summed E-state index contributed by atoms with van der Waals surface area (Å²) in [6.45, 7) is 4.39. The van der Waals surface area contributed by atoms with E-state index in [-0.39, 0.29) is 15.9 Å². The van der Waals surface area contributed by atoms with Gasteiger partial charge in [-0.2, -0.15) is 4.31 Å². The Morgan fingerprint density at radius 2 is 1.67 bits per heavy atom. The Morgan fingerprint density at radius 1 is 1.07 bits per heavy atom. The number of methoxy groups -OCH3 is 1. The second kappa shape index (κ2) is 10.9. The van der Waals surface area contributed by atoms with Crippen molar-refractivity contribution in [3.05, 3.63) is 60.2 Å². The highest BCUT2D eigenvalue weighted by Crippen LogP contribution is 2.18. The molecule has 0 unspecified atom stereocenters. The standard InChI is InChI=1S/C21H25N3O4S2/c1-4-24(5-2)30(26,27)19-13-9-17(10-14-19)22-21(29)23-20(25)15-8-16-6-11-18(28-3)12-7-16/h6-15H,4-5H2,1-3H3,(H2,22,23,25,29)/b15-8+. The van der Waals surface area contributed by atoms with Crippen LogP contribution in [-0.4, -0.2) is 43.9 Å². The summed E-state index contributed by atoms with van der Waals surface area (Å²) in [7, 11) is -1.93. The number of amides is 1. The van der Waals surface area contributed by atoms with Crippen LogP contribution in [-0.2, 0) is 14.8 Å². The van der Waals surface area contributed by atoms with E-state index in [9.17, 15) is 13.2 Å². The van der Waals surface area contributed by atoms with Crippen molar-refractivity contribution in [2.24, 2.45) is 0 Å². The van der Waals surface area contributed by atoms with Gasteiger partial charge in [0.2, 0.25) is 15.9 Å². The number of anilines is 1. The predicted molar refractivity (Wildman–Crippen MR) is 123 cm³/mol. The Bertz CT molecular complexity index is 998. The van der Waals surface area contributed by atoms with Gasteiger partial charge in [0, 0.05) is 24.9 Å². The van der Waals surface area contributed by atoms with E-state index in [1.807, 2.05) is 12.1 Å². The van der Waals surface area contributed by atoms with Crippen LogP contribution in [0.5, 0.6) is 5.75 Å². The van der Waals surface area contributed by atoms with E-state index in [2.05, 4.69) is 10.6 Å². The summed E-state index contributed by atoms with van der Waals surface area (Å²) in [5.74, 6) is 0.349. The number of hydrogen-bond acceptors (Lipinski definition) is 5. The van der Waals surface area contributed by atoms with Crippen LogP contribution in [0.15, 0.2) is 59.5 Å². The maximum atomic E-state index is 12.5. The SMILES string of the molecule is CCN(CC)S(=O)(=O)c1ccc(NC(=S)NC(=O)/C=C/c2ccc(OC)cc2)cc1. The summed E-state index contributed by atoms with van der Waals surface area (Å²) in [6, 6.07) is 13.5. The van der Waals surface area contributed by atoms with Crippen LogP contribution in [0.1, 0.15) is 19.4 Å². The first-order valence-electron chi connectivity index (χ1n) is 9.34. The van der Waals surface area contributed by atoms with Crippen molar-refractivity contribution in [1.29, 1.82) is 0 Å². The van der Waals surface area contributed by atoms with Crippen molar-refractivity contribution in [2.75, 3.05) is 25.5 Å². The Kier molecular flexibility index (Phi) is 8.52. The molecule has 0 atom stereocenters. The first-order chi connectivity index (χ1) is 14.3. The van der Waals surface area contributed by atoms with Crippen molar-refractivity contribution in [1.82, 2.24) is 9.62 Å². The minimum Gasteiger partial charge on any atom is -0.497 e. The van der Waals surface area contributed by atoms with Gasteiger partial charge in [-0.3, -0.25) is 10.1 Å². The molecular formula is C21H25N3O4S2. The minimum absolute atomic E-state index is 0.110. The predicted octanol–water partition coefficient (Wildman–Crippen LogP) is 3.25. The van der Waals surface area contributed by atoms with Crippen molar-refractivity contribution in [3.8, 4) is 5.75 Å². The Balaban J connectivity index is 1.94. The van der Waals surface area contributed by atoms with Gasteiger partial charge in [-0.1, -0.05) is 26.0 Å². The first kappa shape index (κ1) is 23.5. The number of sulfonamides is 1. The number of rotatable bonds is 8. The van der Waals surface area contributed by atoms with Crippen molar-refractivity contribution < 1.29 is 17.9 Å². The fraction of sp³-hybridized carbons (Fsp3) is 0.238. The zero-order valence-electron chi connectivity index (χ0n) is 17.1. The summed E-state index contributed by atoms with van der Waals surface area (Å²) < 4.78 is 31.5. The van der Waals surface area contributed by atoms with Gasteiger partial charge in [0.05, 0.1) is 12.0 Å². The van der Waals surface area contributed by atoms with Gasteiger partial charge in [0.1, 0.15) is 5.75 Å². The Labute approximate surface area is 182 Å². The highest BCUT2D eigenvalue weighted by Gasteiger charge is 2.21. The second-order valence-electron chi connectivity index (χ2n) is 6.16. The average Bonchev–Trinajstić information content (AvgIpc) is 2.73. The monoisotopic (exact) mass is 447 g/mol. The molecule has 0 saturated heterocycles. The molecule has 0 aliphatic rings. The maximum Gasteiger partial charge on any atom is 0.250 e. The van der Waals surface area contributed by atoms with Gasteiger partial charge in [-0.05, 0) is 60.3 Å². The lowest BCUT2D eigenvalue weighted by atomic mass is 10.2. The lowest BCUT2D eigenvalue weighted by Crippen LogP contribution is -2.33. The smallest absolute Gasteiger partial charge is 0.250 e. The molecular weight excluding hydrogens is 422 g/mol. The molecule has 0 radical (unpaired) electrons. The number of ether oxygens (including phenoxy) is 1. The van der Waals surface area contributed by atoms with Gasteiger partial charge in [0.15, 0.2) is 5.11 Å². The lowest BCUT2D eigenvalue weighted by molar-refractivity contribution is -0.115. The number of carbonyl (C=O) groups is 1. The van der Waals surface area contributed by atoms with E-state index in [0.29, 0.717) is 18.8 Å². The molecule has 0 bridgehead atoms. The van der Waals surface area contributed by atoms with Gasteiger partial charge < -0.3 is 10.1 Å². The summed E-state index contributed by atoms with van der Waals surface area (Å²) in [5.41, 5.74) is 1.41. The first-order valence-corrected chi connectivity index (χ1v) is 11.2. The zero-order valence-corrected chi connectivity index (χ0v) is 18.7. The van der Waals surface area contributed by atoms with Gasteiger partial charge in [-0.15, -0.1) is 0 Å². The van der Waals surface area contributed by atoms with E-state index in [4.69, 9.17) is 17.0 Å². The number of nitrogens with zero attached hydrogens (tertiary/aromatic N) is 1. The van der Waals surface area contributed by atoms with E-state index >= 15 is 0 Å². The Hall–Kier alpha value is -2.75. The lowest BCUT2D eigenvalue weighted by Gasteiger charge is -2.18. The van der Waals surface area contributed by atoms with Gasteiger partial charge >= 0.3 is 0 Å². The molecule has 2 rings (SSSR count). The van der Waals surface area contributed by atoms with E-state index in [0.717, 1.165) is 11.3 Å². The maximum absolute atomic E-state index is 12.5. The van der Waals surface area contributed by atoms with Crippen molar-refractivity contribution in [3.63, 3.8) is 0 Å². The Morgan fingerprint density at radius 3 is 2.20 bits per heavy atom. The van der Waals surface area contributed by atoms with Crippen molar-refractivity contribution >= 4 is 45.0 Å². The fourth-order valence-corrected chi connectivity index (χ4v) is 4.30. The summed E-state index contributed by atoms with van der Waals surface area (Å²) in [6.07, 6.45) is 3.03. The van der Waals surface area contributed by atoms with Crippen LogP contribution in [0.25, 0.3) is 6.08 Å². The number of carbonyl (C=O) groups excluding carboxylic acids is 1. The van der Waals surface area contributed by atoms with Crippen molar-refractivity contribution in [2.45, 2.75) is 18.7 Å². The topological polar surface area (TPSA) is 87.7 Å². The highest BCUT2D eigenvalue weighted by molar-refractivity contribution is 7.89. The molecule has 0 aliphatic heterocycles. The molecule has 0 saturated carbocycles. The molecule has 0 spiro atoms. The molecule has 2 N–H and O–H groups in total. The molecule has 0 fully saturated rings. The van der Waals surface area contributed by atoms with Crippen LogP contribution in [0.2, 0.25) is 0 Å². The quantitative estimate of drug-likeness (QED) is 0.477. The van der Waals surface area contributed by atoms with E-state index < -0.39 is 10.0 Å². The zero-order chi connectivity index (χ0) is 22.1. The third-order valence-corrected chi connectivity index (χ3v) is 6.50. The normalized spacial score (nSPS) is 11.5. The molecule has 7 nitrogen and oxygen atoms in total. The molecule has 2 aromatic carbocycles. The molecule has 2 aromatic rings. The molecule has 0 aliphatic carbocycles. The van der Waals surface area contributed by atoms with Gasteiger partial charge in [0.25, 0.3) is 0 Å². The summed E-state index contributed by atoms with van der Waals surface area (Å²) >= 11 is 5.14. The summed E-state index contributed by atoms with van der Waals surface area (Å²) in [5, 5.41) is 5.52. The molecule has 0 heterocycles. The fourth-order valence-electron chi connectivity index (χ4n) is 2.63. The van der Waals surface area contributed by atoms with Crippen LogP contribution in [0, 0.1) is 0 Å². The highest BCUT2D eigenvalue weighted by atomic mass is 32.2. The summed E-state index contributed by atoms with van der Waals surface area (Å²) in [4.78, 5) is 12.2. The van der Waals surface area contributed by atoms with E-state index in [1.54, 1.807) is 51.3 Å². The largest absolute Gasteiger partial charge is 0.497 e. The second-order valence-corrected chi connectivity index (χ2v) is 8.51. The van der Waals surface area contributed by atoms with Crippen LogP contribution < -0.4 is 15.4 Å². The molecule has 30 heavy (non-hydrogen) atoms. The van der Waals surface area contributed by atoms with E-state index in [1.165, 1.54) is 22.5 Å². The van der Waals surface area contributed by atoms with Crippen LogP contribution >= 0.6 is 12.2 Å². The minimum atomic E-state index is -3.52. The number of thiocarbonyl (C=S) groups is 1. The van der Waals surface area contributed by atoms with Gasteiger partial charge in [-0.25, -0.2) is 8.42 Å². The molecule has 9 heteroatoms. The number of nitrogens with one attached hydrogen (secondary N) is 2.